The maximum Gasteiger partial charge on any atom is 0.234 e. The number of pyridine rings is 1. The SMILES string of the molecule is CCc1cccc(CC)c1NC(=O)CSc1nc(-c2ccc(C)cc2)cc(-c2ccccc2)c1C#N. The number of anilines is 1. The van der Waals surface area contributed by atoms with Crippen molar-refractivity contribution in [2.24, 2.45) is 0 Å². The van der Waals surface area contributed by atoms with Gasteiger partial charge < -0.3 is 5.32 Å². The number of nitriles is 1. The van der Waals surface area contributed by atoms with Crippen LogP contribution in [0.3, 0.4) is 0 Å². The quantitative estimate of drug-likeness (QED) is 0.260. The monoisotopic (exact) mass is 491 g/mol. The summed E-state index contributed by atoms with van der Waals surface area (Å²) < 4.78 is 0. The number of thioether (sulfide) groups is 1. The van der Waals surface area contributed by atoms with Crippen LogP contribution in [0.4, 0.5) is 5.69 Å². The van der Waals surface area contributed by atoms with E-state index in [4.69, 9.17) is 4.98 Å². The molecule has 1 N–H and O–H groups in total. The van der Waals surface area contributed by atoms with Gasteiger partial charge in [-0.1, -0.05) is 104 Å². The van der Waals surface area contributed by atoms with Crippen LogP contribution in [0.25, 0.3) is 22.4 Å². The minimum absolute atomic E-state index is 0.108. The summed E-state index contributed by atoms with van der Waals surface area (Å²) in [7, 11) is 0. The number of hydrogen-bond donors (Lipinski definition) is 1. The predicted molar refractivity (Wildman–Crippen MR) is 149 cm³/mol. The molecule has 1 amide bonds. The molecule has 0 saturated heterocycles. The van der Waals surface area contributed by atoms with Crippen LogP contribution in [0.2, 0.25) is 0 Å². The molecule has 0 unspecified atom stereocenters. The number of hydrogen-bond acceptors (Lipinski definition) is 4. The Morgan fingerprint density at radius 1 is 0.917 bits per heavy atom. The molecular weight excluding hydrogens is 462 g/mol. The van der Waals surface area contributed by atoms with Crippen LogP contribution in [0, 0.1) is 18.3 Å². The van der Waals surface area contributed by atoms with Gasteiger partial charge in [0.1, 0.15) is 11.1 Å². The average molecular weight is 492 g/mol. The number of para-hydroxylation sites is 1. The van der Waals surface area contributed by atoms with Gasteiger partial charge in [-0.3, -0.25) is 4.79 Å². The molecule has 4 nitrogen and oxygen atoms in total. The molecule has 4 rings (SSSR count). The Kier molecular flexibility index (Phi) is 8.20. The molecule has 0 aliphatic carbocycles. The van der Waals surface area contributed by atoms with Crippen LogP contribution >= 0.6 is 11.8 Å². The van der Waals surface area contributed by atoms with Gasteiger partial charge >= 0.3 is 0 Å². The van der Waals surface area contributed by atoms with Crippen molar-refractivity contribution in [3.05, 3.63) is 101 Å². The number of aromatic nitrogens is 1. The molecular formula is C31H29N3OS. The van der Waals surface area contributed by atoms with E-state index in [1.165, 1.54) is 17.3 Å². The lowest BCUT2D eigenvalue weighted by Crippen LogP contribution is -2.17. The van der Waals surface area contributed by atoms with Crippen molar-refractivity contribution < 1.29 is 4.79 Å². The lowest BCUT2D eigenvalue weighted by molar-refractivity contribution is -0.113. The lowest BCUT2D eigenvalue weighted by atomic mass is 9.99. The van der Waals surface area contributed by atoms with Crippen molar-refractivity contribution in [2.75, 3.05) is 11.1 Å². The highest BCUT2D eigenvalue weighted by Crippen LogP contribution is 2.34. The summed E-state index contributed by atoms with van der Waals surface area (Å²) in [6, 6.07) is 28.5. The van der Waals surface area contributed by atoms with E-state index in [-0.39, 0.29) is 11.7 Å². The summed E-state index contributed by atoms with van der Waals surface area (Å²) in [5.74, 6) is 0.0531. The van der Waals surface area contributed by atoms with Gasteiger partial charge in [-0.25, -0.2) is 4.98 Å². The molecule has 0 radical (unpaired) electrons. The molecule has 4 aromatic rings. The van der Waals surface area contributed by atoms with Crippen LogP contribution in [0.5, 0.6) is 0 Å². The van der Waals surface area contributed by atoms with Gasteiger partial charge in [0.25, 0.3) is 0 Å². The number of amides is 1. The van der Waals surface area contributed by atoms with Gasteiger partial charge in [-0.05, 0) is 42.5 Å². The lowest BCUT2D eigenvalue weighted by Gasteiger charge is -2.15. The standard InChI is InChI=1S/C31H29N3OS/c1-4-22-12-9-13-23(5-2)30(22)34-29(35)20-36-31-27(19-32)26(24-10-7-6-8-11-24)18-28(33-31)25-16-14-21(3)15-17-25/h6-18H,4-5,20H2,1-3H3,(H,34,35). The largest absolute Gasteiger partial charge is 0.325 e. The summed E-state index contributed by atoms with van der Waals surface area (Å²) in [6.45, 7) is 6.22. The molecule has 1 aromatic heterocycles. The van der Waals surface area contributed by atoms with Gasteiger partial charge in [0, 0.05) is 16.8 Å². The molecule has 0 atom stereocenters. The van der Waals surface area contributed by atoms with Crippen molar-refractivity contribution in [3.8, 4) is 28.5 Å². The van der Waals surface area contributed by atoms with Gasteiger partial charge in [-0.2, -0.15) is 5.26 Å². The summed E-state index contributed by atoms with van der Waals surface area (Å²) >= 11 is 1.30. The fraction of sp³-hybridized carbons (Fsp3) is 0.194. The minimum Gasteiger partial charge on any atom is -0.325 e. The predicted octanol–water partition coefficient (Wildman–Crippen LogP) is 7.45. The first-order valence-corrected chi connectivity index (χ1v) is 13.1. The molecule has 1 heterocycles. The Hall–Kier alpha value is -3.88. The number of benzene rings is 3. The topological polar surface area (TPSA) is 65.8 Å². The van der Waals surface area contributed by atoms with Gasteiger partial charge in [-0.15, -0.1) is 0 Å². The molecule has 180 valence electrons. The third-order valence-electron chi connectivity index (χ3n) is 6.13. The Balaban J connectivity index is 1.68. The second-order valence-electron chi connectivity index (χ2n) is 8.57. The van der Waals surface area contributed by atoms with E-state index in [0.29, 0.717) is 10.6 Å². The number of aryl methyl sites for hydroxylation is 3. The molecule has 0 aliphatic heterocycles. The van der Waals surface area contributed by atoms with Crippen LogP contribution in [0.15, 0.2) is 83.9 Å². The third kappa shape index (κ3) is 5.67. The van der Waals surface area contributed by atoms with Crippen LogP contribution in [-0.2, 0) is 17.6 Å². The smallest absolute Gasteiger partial charge is 0.234 e. The highest BCUT2D eigenvalue weighted by atomic mass is 32.2. The average Bonchev–Trinajstić information content (AvgIpc) is 2.92. The maximum absolute atomic E-state index is 13.0. The summed E-state index contributed by atoms with van der Waals surface area (Å²) in [4.78, 5) is 17.9. The summed E-state index contributed by atoms with van der Waals surface area (Å²) in [5, 5.41) is 13.8. The van der Waals surface area contributed by atoms with Crippen LogP contribution in [-0.4, -0.2) is 16.6 Å². The van der Waals surface area contributed by atoms with E-state index in [0.717, 1.165) is 52.0 Å². The van der Waals surface area contributed by atoms with Gasteiger partial charge in [0.2, 0.25) is 5.91 Å². The number of nitrogens with zero attached hydrogens (tertiary/aromatic N) is 2. The highest BCUT2D eigenvalue weighted by molar-refractivity contribution is 8.00. The van der Waals surface area contributed by atoms with Gasteiger partial charge in [0.15, 0.2) is 0 Å². The van der Waals surface area contributed by atoms with E-state index in [9.17, 15) is 10.1 Å². The van der Waals surface area contributed by atoms with Crippen molar-refractivity contribution in [2.45, 2.75) is 38.6 Å². The molecule has 0 aliphatic rings. The fourth-order valence-electron chi connectivity index (χ4n) is 4.16. The number of carbonyl (C=O) groups excluding carboxylic acids is 1. The second-order valence-corrected chi connectivity index (χ2v) is 9.54. The van der Waals surface area contributed by atoms with Crippen molar-refractivity contribution in [1.29, 1.82) is 5.26 Å². The number of nitrogens with one attached hydrogen (secondary N) is 1. The fourth-order valence-corrected chi connectivity index (χ4v) is 4.97. The molecule has 36 heavy (non-hydrogen) atoms. The molecule has 0 bridgehead atoms. The van der Waals surface area contributed by atoms with Crippen LogP contribution in [0.1, 0.15) is 36.1 Å². The van der Waals surface area contributed by atoms with E-state index < -0.39 is 0 Å². The van der Waals surface area contributed by atoms with E-state index in [2.05, 4.69) is 37.4 Å². The molecule has 3 aromatic carbocycles. The van der Waals surface area contributed by atoms with E-state index in [1.807, 2.05) is 73.7 Å². The zero-order valence-electron chi connectivity index (χ0n) is 20.8. The Labute approximate surface area is 217 Å². The third-order valence-corrected chi connectivity index (χ3v) is 7.11. The Morgan fingerprint density at radius 3 is 2.19 bits per heavy atom. The first-order valence-electron chi connectivity index (χ1n) is 12.1. The zero-order chi connectivity index (χ0) is 25.5. The van der Waals surface area contributed by atoms with E-state index in [1.54, 1.807) is 0 Å². The summed E-state index contributed by atoms with van der Waals surface area (Å²) in [5.41, 5.74) is 8.31. The zero-order valence-corrected chi connectivity index (χ0v) is 21.7. The Bertz CT molecular complexity index is 1380. The first-order chi connectivity index (χ1) is 17.5. The van der Waals surface area contributed by atoms with Crippen molar-refractivity contribution >= 4 is 23.4 Å². The van der Waals surface area contributed by atoms with Crippen molar-refractivity contribution in [3.63, 3.8) is 0 Å². The van der Waals surface area contributed by atoms with Crippen LogP contribution < -0.4 is 5.32 Å². The van der Waals surface area contributed by atoms with E-state index >= 15 is 0 Å². The molecule has 5 heteroatoms. The molecule has 0 saturated carbocycles. The second kappa shape index (κ2) is 11.7. The molecule has 0 spiro atoms. The Morgan fingerprint density at radius 2 is 1.58 bits per heavy atom. The first kappa shape index (κ1) is 25.2. The maximum atomic E-state index is 13.0. The summed E-state index contributed by atoms with van der Waals surface area (Å²) in [6.07, 6.45) is 1.69. The number of rotatable bonds is 8. The molecule has 0 fully saturated rings. The van der Waals surface area contributed by atoms with Crippen molar-refractivity contribution in [1.82, 2.24) is 4.98 Å². The highest BCUT2D eigenvalue weighted by Gasteiger charge is 2.18. The number of carbonyl (C=O) groups is 1. The minimum atomic E-state index is -0.108. The normalized spacial score (nSPS) is 10.6. The van der Waals surface area contributed by atoms with Gasteiger partial charge in [0.05, 0.1) is 17.0 Å².